The lowest BCUT2D eigenvalue weighted by Gasteiger charge is -2.56. The van der Waals surface area contributed by atoms with Crippen LogP contribution in [0.2, 0.25) is 0 Å². The molecule has 2 aromatic rings. The molecule has 0 N–H and O–H groups in total. The fourth-order valence-corrected chi connectivity index (χ4v) is 3.89. The topological polar surface area (TPSA) is 12.9 Å². The van der Waals surface area contributed by atoms with Crippen LogP contribution in [-0.4, -0.2) is 4.98 Å². The molecule has 0 aliphatic heterocycles. The van der Waals surface area contributed by atoms with Crippen molar-refractivity contribution in [3.05, 3.63) is 53.7 Å². The standard InChI is InChI=1S/C18H19N/c1-18(2)13-10-15(18)14-8-9-16(19-17(14)11-13)12-6-4-3-5-7-12/h3-9,13,15H,10-11H2,1-2H3/t13-,15+/m0/s1. The highest BCUT2D eigenvalue weighted by Gasteiger charge is 2.52. The summed E-state index contributed by atoms with van der Waals surface area (Å²) in [6.45, 7) is 4.83. The molecule has 3 aliphatic carbocycles. The van der Waals surface area contributed by atoms with E-state index in [9.17, 15) is 0 Å². The molecule has 1 heterocycles. The average molecular weight is 249 g/mol. The van der Waals surface area contributed by atoms with E-state index in [1.54, 1.807) is 0 Å². The second kappa shape index (κ2) is 3.69. The Morgan fingerprint density at radius 2 is 1.84 bits per heavy atom. The summed E-state index contributed by atoms with van der Waals surface area (Å²) in [5, 5.41) is 0. The SMILES string of the molecule is CC1(C)[C@@H]2Cc3nc(-c4ccccc4)ccc3[C@H]1C2. The summed E-state index contributed by atoms with van der Waals surface area (Å²) in [4.78, 5) is 4.93. The van der Waals surface area contributed by atoms with Gasteiger partial charge in [-0.25, -0.2) is 0 Å². The lowest BCUT2D eigenvalue weighted by atomic mass is 9.48. The fourth-order valence-electron chi connectivity index (χ4n) is 3.89. The highest BCUT2D eigenvalue weighted by Crippen LogP contribution is 2.61. The van der Waals surface area contributed by atoms with Crippen LogP contribution in [0.1, 0.15) is 37.4 Å². The molecule has 1 aromatic carbocycles. The van der Waals surface area contributed by atoms with E-state index in [0.717, 1.165) is 17.5 Å². The lowest BCUT2D eigenvalue weighted by Crippen LogP contribution is -2.48. The van der Waals surface area contributed by atoms with Gasteiger partial charge >= 0.3 is 0 Å². The number of aromatic nitrogens is 1. The zero-order chi connectivity index (χ0) is 13.0. The molecule has 0 unspecified atom stereocenters. The number of rotatable bonds is 1. The third kappa shape index (κ3) is 1.51. The monoisotopic (exact) mass is 249 g/mol. The number of nitrogens with zero attached hydrogens (tertiary/aromatic N) is 1. The second-order valence-corrected chi connectivity index (χ2v) is 6.61. The van der Waals surface area contributed by atoms with Crippen molar-refractivity contribution in [1.82, 2.24) is 4.98 Å². The Hall–Kier alpha value is -1.63. The van der Waals surface area contributed by atoms with Crippen LogP contribution in [0, 0.1) is 11.3 Å². The van der Waals surface area contributed by atoms with Crippen molar-refractivity contribution in [3.63, 3.8) is 0 Å². The first-order valence-corrected chi connectivity index (χ1v) is 7.21. The van der Waals surface area contributed by atoms with E-state index in [4.69, 9.17) is 4.98 Å². The Balaban J connectivity index is 1.78. The van der Waals surface area contributed by atoms with Crippen LogP contribution in [0.3, 0.4) is 0 Å². The quantitative estimate of drug-likeness (QED) is 0.728. The molecule has 5 rings (SSSR count). The van der Waals surface area contributed by atoms with Crippen LogP contribution < -0.4 is 0 Å². The summed E-state index contributed by atoms with van der Waals surface area (Å²) >= 11 is 0. The largest absolute Gasteiger partial charge is 0.253 e. The van der Waals surface area contributed by atoms with E-state index in [-0.39, 0.29) is 0 Å². The van der Waals surface area contributed by atoms with Crippen molar-refractivity contribution in [2.75, 3.05) is 0 Å². The Labute approximate surface area is 114 Å². The van der Waals surface area contributed by atoms with Gasteiger partial charge in [-0.2, -0.15) is 0 Å². The van der Waals surface area contributed by atoms with Gasteiger partial charge in [-0.05, 0) is 41.7 Å². The third-order valence-corrected chi connectivity index (χ3v) is 5.36. The molecule has 1 nitrogen and oxygen atoms in total. The van der Waals surface area contributed by atoms with Crippen LogP contribution in [-0.2, 0) is 6.42 Å². The van der Waals surface area contributed by atoms with Crippen molar-refractivity contribution in [3.8, 4) is 11.3 Å². The summed E-state index contributed by atoms with van der Waals surface area (Å²) in [5.41, 5.74) is 5.69. The van der Waals surface area contributed by atoms with Gasteiger partial charge in [0.2, 0.25) is 0 Å². The molecule has 0 saturated heterocycles. The predicted octanol–water partition coefficient (Wildman–Crippen LogP) is 4.43. The van der Waals surface area contributed by atoms with Gasteiger partial charge in [0.1, 0.15) is 0 Å². The summed E-state index contributed by atoms with van der Waals surface area (Å²) in [6.07, 6.45) is 2.53. The third-order valence-electron chi connectivity index (χ3n) is 5.36. The van der Waals surface area contributed by atoms with E-state index in [1.165, 1.54) is 29.7 Å². The highest BCUT2D eigenvalue weighted by atomic mass is 14.8. The molecule has 3 aliphatic rings. The number of benzene rings is 1. The van der Waals surface area contributed by atoms with E-state index in [2.05, 4.69) is 56.3 Å². The normalized spacial score (nSPS) is 26.4. The van der Waals surface area contributed by atoms with Crippen LogP contribution in [0.15, 0.2) is 42.5 Å². The molecule has 0 radical (unpaired) electrons. The first-order chi connectivity index (χ1) is 9.16. The smallest absolute Gasteiger partial charge is 0.0705 e. The van der Waals surface area contributed by atoms with Gasteiger partial charge in [-0.1, -0.05) is 50.2 Å². The Bertz CT molecular complexity index is 627. The van der Waals surface area contributed by atoms with Crippen molar-refractivity contribution >= 4 is 0 Å². The fraction of sp³-hybridized carbons (Fsp3) is 0.389. The summed E-state index contributed by atoms with van der Waals surface area (Å²) in [7, 11) is 0. The van der Waals surface area contributed by atoms with Crippen LogP contribution in [0.5, 0.6) is 0 Å². The molecule has 1 saturated carbocycles. The maximum absolute atomic E-state index is 4.93. The Morgan fingerprint density at radius 1 is 1.05 bits per heavy atom. The summed E-state index contributed by atoms with van der Waals surface area (Å²) in [5.74, 6) is 1.57. The molecule has 2 bridgehead atoms. The van der Waals surface area contributed by atoms with Gasteiger partial charge in [0, 0.05) is 11.3 Å². The number of hydrogen-bond donors (Lipinski definition) is 0. The molecule has 1 aromatic heterocycles. The highest BCUT2D eigenvalue weighted by molar-refractivity contribution is 5.60. The van der Waals surface area contributed by atoms with E-state index < -0.39 is 0 Å². The average Bonchev–Trinajstić information content (AvgIpc) is 2.46. The predicted molar refractivity (Wildman–Crippen MR) is 78.0 cm³/mol. The first kappa shape index (κ1) is 11.2. The van der Waals surface area contributed by atoms with Gasteiger partial charge in [0.15, 0.2) is 0 Å². The minimum absolute atomic E-state index is 0.489. The van der Waals surface area contributed by atoms with E-state index in [0.29, 0.717) is 5.41 Å². The van der Waals surface area contributed by atoms with Gasteiger partial charge in [-0.15, -0.1) is 0 Å². The molecule has 0 spiro atoms. The Morgan fingerprint density at radius 3 is 2.58 bits per heavy atom. The molecular formula is C18H19N. The van der Waals surface area contributed by atoms with Crippen LogP contribution in [0.4, 0.5) is 0 Å². The van der Waals surface area contributed by atoms with Crippen molar-refractivity contribution in [2.24, 2.45) is 11.3 Å². The van der Waals surface area contributed by atoms with Crippen LogP contribution >= 0.6 is 0 Å². The lowest BCUT2D eigenvalue weighted by molar-refractivity contribution is 0.0170. The Kier molecular flexibility index (Phi) is 2.18. The first-order valence-electron chi connectivity index (χ1n) is 7.21. The zero-order valence-electron chi connectivity index (χ0n) is 11.6. The second-order valence-electron chi connectivity index (χ2n) is 6.61. The molecule has 1 fully saturated rings. The van der Waals surface area contributed by atoms with Gasteiger partial charge < -0.3 is 0 Å². The maximum atomic E-state index is 4.93. The number of pyridine rings is 1. The van der Waals surface area contributed by atoms with E-state index >= 15 is 0 Å². The minimum atomic E-state index is 0.489. The van der Waals surface area contributed by atoms with Crippen molar-refractivity contribution < 1.29 is 0 Å². The summed E-state index contributed by atoms with van der Waals surface area (Å²) in [6, 6.07) is 15.0. The van der Waals surface area contributed by atoms with E-state index in [1.807, 2.05) is 0 Å². The zero-order valence-corrected chi connectivity index (χ0v) is 11.6. The molecule has 0 amide bonds. The molecule has 96 valence electrons. The number of hydrogen-bond acceptors (Lipinski definition) is 1. The maximum Gasteiger partial charge on any atom is 0.0705 e. The molecule has 1 heteroatoms. The molecule has 2 atom stereocenters. The van der Waals surface area contributed by atoms with Gasteiger partial charge in [0.05, 0.1) is 5.69 Å². The van der Waals surface area contributed by atoms with Crippen LogP contribution in [0.25, 0.3) is 11.3 Å². The minimum Gasteiger partial charge on any atom is -0.253 e. The van der Waals surface area contributed by atoms with Crippen molar-refractivity contribution in [2.45, 2.75) is 32.6 Å². The molecular weight excluding hydrogens is 230 g/mol. The summed E-state index contributed by atoms with van der Waals surface area (Å²) < 4.78 is 0. The molecule has 19 heavy (non-hydrogen) atoms. The van der Waals surface area contributed by atoms with Crippen molar-refractivity contribution in [1.29, 1.82) is 0 Å². The van der Waals surface area contributed by atoms with Gasteiger partial charge in [0.25, 0.3) is 0 Å². The van der Waals surface area contributed by atoms with Gasteiger partial charge in [-0.3, -0.25) is 4.98 Å².